The number of rotatable bonds is 5. The summed E-state index contributed by atoms with van der Waals surface area (Å²) in [6, 6.07) is -0.827. The van der Waals surface area contributed by atoms with Crippen LogP contribution in [0, 0.1) is 0 Å². The summed E-state index contributed by atoms with van der Waals surface area (Å²) in [6.07, 6.45) is 2.03. The molecule has 5 nitrogen and oxygen atoms in total. The summed E-state index contributed by atoms with van der Waals surface area (Å²) in [5.74, 6) is -1.18. The first-order valence-electron chi connectivity index (χ1n) is 5.14. The second-order valence-electron chi connectivity index (χ2n) is 4.89. The van der Waals surface area contributed by atoms with Crippen LogP contribution in [0.3, 0.4) is 0 Å². The van der Waals surface area contributed by atoms with Crippen molar-refractivity contribution >= 4 is 5.97 Å². The third-order valence-corrected chi connectivity index (χ3v) is 1.27. The van der Waals surface area contributed by atoms with Gasteiger partial charge in [0.2, 0.25) is 0 Å². The molecule has 1 unspecified atom stereocenters. The molecular weight excluding hydrogens is 194 g/mol. The second-order valence-corrected chi connectivity index (χ2v) is 4.89. The van der Waals surface area contributed by atoms with Crippen LogP contribution in [0.2, 0.25) is 0 Å². The van der Waals surface area contributed by atoms with Crippen LogP contribution < -0.4 is 16.6 Å². The topological polar surface area (TPSA) is 92.2 Å². The Morgan fingerprint density at radius 2 is 1.67 bits per heavy atom. The Morgan fingerprint density at radius 1 is 1.27 bits per heavy atom. The van der Waals surface area contributed by atoms with Gasteiger partial charge in [0.05, 0.1) is 34.2 Å². The molecule has 0 aliphatic carbocycles. The number of hydrogen-bond donors (Lipinski definition) is 2. The Kier molecular flexibility index (Phi) is 9.66. The molecule has 0 bridgehead atoms. The molecule has 1 atom stereocenters. The van der Waals surface area contributed by atoms with Gasteiger partial charge in [-0.25, -0.2) is 0 Å². The first kappa shape index (κ1) is 16.8. The fourth-order valence-electron chi connectivity index (χ4n) is 0.626. The summed E-state index contributed by atoms with van der Waals surface area (Å²) in [4.78, 5) is 10.0. The SMILES string of the molecule is C[N+](C)(C)C.NCCCCC(N)C(=O)[O-]. The number of nitrogens with zero attached hydrogens (tertiary/aromatic N) is 1. The van der Waals surface area contributed by atoms with Crippen molar-refractivity contribution in [2.45, 2.75) is 25.3 Å². The minimum Gasteiger partial charge on any atom is -0.548 e. The van der Waals surface area contributed by atoms with Crippen molar-refractivity contribution in [1.29, 1.82) is 0 Å². The zero-order valence-electron chi connectivity index (χ0n) is 10.3. The fourth-order valence-corrected chi connectivity index (χ4v) is 0.626. The quantitative estimate of drug-likeness (QED) is 0.435. The van der Waals surface area contributed by atoms with Gasteiger partial charge in [0.1, 0.15) is 0 Å². The summed E-state index contributed by atoms with van der Waals surface area (Å²) in [7, 11) is 8.50. The van der Waals surface area contributed by atoms with Gasteiger partial charge in [-0.1, -0.05) is 6.42 Å². The first-order chi connectivity index (χ1) is 6.68. The fraction of sp³-hybridized carbons (Fsp3) is 0.900. The molecule has 92 valence electrons. The molecule has 0 saturated heterocycles. The maximum absolute atomic E-state index is 10.0. The van der Waals surface area contributed by atoms with Crippen molar-refractivity contribution in [3.63, 3.8) is 0 Å². The molecule has 5 heteroatoms. The Hall–Kier alpha value is -0.650. The van der Waals surface area contributed by atoms with Crippen molar-refractivity contribution in [1.82, 2.24) is 0 Å². The van der Waals surface area contributed by atoms with Gasteiger partial charge in [0.15, 0.2) is 0 Å². The van der Waals surface area contributed by atoms with Crippen LogP contribution in [0.5, 0.6) is 0 Å². The van der Waals surface area contributed by atoms with Crippen molar-refractivity contribution in [2.24, 2.45) is 11.5 Å². The average molecular weight is 219 g/mol. The number of carbonyl (C=O) groups excluding carboxylic acids is 1. The van der Waals surface area contributed by atoms with Gasteiger partial charge in [-0.15, -0.1) is 0 Å². The van der Waals surface area contributed by atoms with E-state index >= 15 is 0 Å². The molecule has 15 heavy (non-hydrogen) atoms. The van der Waals surface area contributed by atoms with Crippen LogP contribution >= 0.6 is 0 Å². The van der Waals surface area contributed by atoms with E-state index < -0.39 is 12.0 Å². The Balaban J connectivity index is 0. The molecule has 0 aromatic heterocycles. The van der Waals surface area contributed by atoms with E-state index in [-0.39, 0.29) is 0 Å². The van der Waals surface area contributed by atoms with Crippen LogP contribution in [0.25, 0.3) is 0 Å². The van der Waals surface area contributed by atoms with Crippen LogP contribution in [0.1, 0.15) is 19.3 Å². The molecule has 0 aromatic rings. The standard InChI is InChI=1S/C6H14N2O2.C4H12N/c7-4-2-1-3-5(8)6(9)10;1-5(2,3)4/h5H,1-4,7-8H2,(H,9,10);1-4H3/q;+1/p-1. The number of nitrogens with two attached hydrogens (primary N) is 2. The highest BCUT2D eigenvalue weighted by Crippen LogP contribution is 1.95. The Labute approximate surface area is 92.6 Å². The van der Waals surface area contributed by atoms with Gasteiger partial charge in [-0.3, -0.25) is 0 Å². The Morgan fingerprint density at radius 3 is 1.93 bits per heavy atom. The van der Waals surface area contributed by atoms with Crippen molar-refractivity contribution in [3.05, 3.63) is 0 Å². The number of carbonyl (C=O) groups is 1. The van der Waals surface area contributed by atoms with Crippen LogP contribution in [0.4, 0.5) is 0 Å². The minimum absolute atomic E-state index is 0.458. The maximum atomic E-state index is 10.0. The van der Waals surface area contributed by atoms with Gasteiger partial charge in [0, 0.05) is 6.04 Å². The first-order valence-corrected chi connectivity index (χ1v) is 5.14. The zero-order chi connectivity index (χ0) is 12.5. The van der Waals surface area contributed by atoms with Gasteiger partial charge >= 0.3 is 0 Å². The summed E-state index contributed by atoms with van der Waals surface area (Å²) in [6.45, 7) is 0.583. The number of aliphatic carboxylic acids is 1. The van der Waals surface area contributed by atoms with E-state index in [0.717, 1.165) is 17.3 Å². The van der Waals surface area contributed by atoms with Gasteiger partial charge in [-0.05, 0) is 19.4 Å². The molecule has 0 radical (unpaired) electrons. The van der Waals surface area contributed by atoms with Crippen LogP contribution in [0.15, 0.2) is 0 Å². The maximum Gasteiger partial charge on any atom is 0.0675 e. The number of carboxylic acids is 1. The van der Waals surface area contributed by atoms with Gasteiger partial charge < -0.3 is 25.9 Å². The highest BCUT2D eigenvalue weighted by Gasteiger charge is 2.00. The summed E-state index contributed by atoms with van der Waals surface area (Å²) in [5, 5.41) is 10.0. The molecule has 0 aliphatic heterocycles. The molecule has 0 aromatic carbocycles. The smallest absolute Gasteiger partial charge is 0.0675 e. The summed E-state index contributed by atoms with van der Waals surface area (Å²) in [5.41, 5.74) is 10.3. The van der Waals surface area contributed by atoms with E-state index in [1.807, 2.05) is 0 Å². The lowest BCUT2D eigenvalue weighted by molar-refractivity contribution is -0.849. The number of unbranched alkanes of at least 4 members (excludes halogenated alkanes) is 1. The predicted octanol–water partition coefficient (Wildman–Crippen LogP) is -1.48. The zero-order valence-corrected chi connectivity index (χ0v) is 10.3. The summed E-state index contributed by atoms with van der Waals surface area (Å²) < 4.78 is 1.00. The van der Waals surface area contributed by atoms with Crippen molar-refractivity contribution in [2.75, 3.05) is 34.7 Å². The molecular formula is C10H25N3O2. The second kappa shape index (κ2) is 8.64. The highest BCUT2D eigenvalue weighted by atomic mass is 16.4. The molecule has 0 heterocycles. The molecule has 0 amide bonds. The monoisotopic (exact) mass is 219 g/mol. The van der Waals surface area contributed by atoms with Gasteiger partial charge in [-0.2, -0.15) is 0 Å². The molecule has 0 aliphatic rings. The number of hydrogen-bond acceptors (Lipinski definition) is 4. The van der Waals surface area contributed by atoms with Crippen LogP contribution in [-0.2, 0) is 4.79 Å². The molecule has 0 fully saturated rings. The van der Waals surface area contributed by atoms with E-state index in [0.29, 0.717) is 13.0 Å². The van der Waals surface area contributed by atoms with E-state index in [9.17, 15) is 9.90 Å². The third-order valence-electron chi connectivity index (χ3n) is 1.27. The minimum atomic E-state index is -1.18. The average Bonchev–Trinajstić information content (AvgIpc) is 2.01. The van der Waals surface area contributed by atoms with E-state index in [2.05, 4.69) is 28.2 Å². The highest BCUT2D eigenvalue weighted by molar-refractivity contribution is 5.70. The number of carboxylic acid groups (broad SMARTS) is 1. The van der Waals surface area contributed by atoms with Crippen LogP contribution in [-0.4, -0.2) is 51.2 Å². The molecule has 0 spiro atoms. The van der Waals surface area contributed by atoms with E-state index in [4.69, 9.17) is 11.5 Å². The van der Waals surface area contributed by atoms with E-state index in [1.165, 1.54) is 0 Å². The molecule has 0 saturated carbocycles. The lowest BCUT2D eigenvalue weighted by atomic mass is 10.1. The van der Waals surface area contributed by atoms with Crippen molar-refractivity contribution < 1.29 is 14.4 Å². The number of quaternary nitrogens is 1. The molecule has 0 rings (SSSR count). The lowest BCUT2D eigenvalue weighted by Crippen LogP contribution is -2.41. The summed E-state index contributed by atoms with van der Waals surface area (Å²) >= 11 is 0. The molecule has 4 N–H and O–H groups in total. The van der Waals surface area contributed by atoms with Gasteiger partial charge in [0.25, 0.3) is 0 Å². The Bertz CT molecular complexity index is 161. The lowest BCUT2D eigenvalue weighted by Gasteiger charge is -2.14. The normalized spacial score (nSPS) is 12.7. The van der Waals surface area contributed by atoms with E-state index in [1.54, 1.807) is 0 Å². The third kappa shape index (κ3) is 24.7. The van der Waals surface area contributed by atoms with Crippen molar-refractivity contribution in [3.8, 4) is 0 Å². The largest absolute Gasteiger partial charge is 0.548 e. The predicted molar refractivity (Wildman–Crippen MR) is 59.8 cm³/mol.